The summed E-state index contributed by atoms with van der Waals surface area (Å²) in [5.74, 6) is -0.880. The summed E-state index contributed by atoms with van der Waals surface area (Å²) in [6.07, 6.45) is 3.85. The Labute approximate surface area is 145 Å². The quantitative estimate of drug-likeness (QED) is 0.507. The van der Waals surface area contributed by atoms with Crippen LogP contribution in [0.15, 0.2) is 85.1 Å². The lowest BCUT2D eigenvalue weighted by Gasteiger charge is -2.16. The molecule has 0 aliphatic rings. The van der Waals surface area contributed by atoms with Gasteiger partial charge in [0, 0.05) is 12.3 Å². The first-order valence-corrected chi connectivity index (χ1v) is 7.82. The normalized spacial score (nSPS) is 12.0. The summed E-state index contributed by atoms with van der Waals surface area (Å²) in [5, 5.41) is 0. The van der Waals surface area contributed by atoms with Crippen LogP contribution in [0.3, 0.4) is 0 Å². The maximum absolute atomic E-state index is 13.2. The van der Waals surface area contributed by atoms with Crippen molar-refractivity contribution in [1.82, 2.24) is 4.98 Å². The number of benzene rings is 2. The highest BCUT2D eigenvalue weighted by Gasteiger charge is 2.18. The summed E-state index contributed by atoms with van der Waals surface area (Å²) in [4.78, 5) is 16.5. The Balaban J connectivity index is 1.79. The minimum atomic E-state index is -0.605. The molecule has 4 heteroatoms. The SMILES string of the molecule is O=C(/C=C/c1cccc(F)c1)OC(c1ccccc1)c1ccccn1. The second-order valence-electron chi connectivity index (χ2n) is 5.37. The summed E-state index contributed by atoms with van der Waals surface area (Å²) in [7, 11) is 0. The topological polar surface area (TPSA) is 39.2 Å². The number of hydrogen-bond donors (Lipinski definition) is 0. The predicted molar refractivity (Wildman–Crippen MR) is 94.0 cm³/mol. The first-order valence-electron chi connectivity index (χ1n) is 7.82. The molecule has 0 aliphatic heterocycles. The monoisotopic (exact) mass is 333 g/mol. The fourth-order valence-corrected chi connectivity index (χ4v) is 2.39. The molecular weight excluding hydrogens is 317 g/mol. The van der Waals surface area contributed by atoms with Gasteiger partial charge in [-0.15, -0.1) is 0 Å². The first kappa shape index (κ1) is 16.6. The van der Waals surface area contributed by atoms with Crippen molar-refractivity contribution in [2.75, 3.05) is 0 Å². The van der Waals surface area contributed by atoms with Crippen LogP contribution in [0.4, 0.5) is 4.39 Å². The highest BCUT2D eigenvalue weighted by atomic mass is 19.1. The maximum Gasteiger partial charge on any atom is 0.331 e. The number of pyridine rings is 1. The van der Waals surface area contributed by atoms with Crippen LogP contribution in [-0.2, 0) is 9.53 Å². The average molecular weight is 333 g/mol. The van der Waals surface area contributed by atoms with Crippen LogP contribution in [-0.4, -0.2) is 11.0 Å². The molecule has 0 fully saturated rings. The summed E-state index contributed by atoms with van der Waals surface area (Å²) in [5.41, 5.74) is 2.06. The number of hydrogen-bond acceptors (Lipinski definition) is 3. The van der Waals surface area contributed by atoms with Gasteiger partial charge in [0.2, 0.25) is 0 Å². The van der Waals surface area contributed by atoms with Gasteiger partial charge in [-0.2, -0.15) is 0 Å². The van der Waals surface area contributed by atoms with Crippen molar-refractivity contribution >= 4 is 12.0 Å². The second kappa shape index (κ2) is 8.02. The van der Waals surface area contributed by atoms with Crippen molar-refractivity contribution < 1.29 is 13.9 Å². The number of halogens is 1. The minimum absolute atomic E-state index is 0.355. The van der Waals surface area contributed by atoms with E-state index >= 15 is 0 Å². The molecular formula is C21H16FNO2. The van der Waals surface area contributed by atoms with Crippen LogP contribution < -0.4 is 0 Å². The first-order chi connectivity index (χ1) is 12.2. The van der Waals surface area contributed by atoms with E-state index < -0.39 is 12.1 Å². The molecule has 0 saturated carbocycles. The number of ether oxygens (including phenoxy) is 1. The molecule has 0 radical (unpaired) electrons. The van der Waals surface area contributed by atoms with E-state index in [9.17, 15) is 9.18 Å². The van der Waals surface area contributed by atoms with Crippen LogP contribution in [0.5, 0.6) is 0 Å². The molecule has 1 atom stereocenters. The predicted octanol–water partition coefficient (Wildman–Crippen LogP) is 4.57. The van der Waals surface area contributed by atoms with Crippen LogP contribution in [0.25, 0.3) is 6.08 Å². The third-order valence-corrected chi connectivity index (χ3v) is 3.55. The van der Waals surface area contributed by atoms with E-state index in [1.807, 2.05) is 36.4 Å². The van der Waals surface area contributed by atoms with Crippen LogP contribution >= 0.6 is 0 Å². The Morgan fingerprint density at radius 1 is 1.00 bits per heavy atom. The third-order valence-electron chi connectivity index (χ3n) is 3.55. The molecule has 1 unspecified atom stereocenters. The minimum Gasteiger partial charge on any atom is -0.448 e. The molecule has 0 spiro atoms. The Morgan fingerprint density at radius 2 is 1.80 bits per heavy atom. The molecule has 1 aromatic heterocycles. The standard InChI is InChI=1S/C21H16FNO2/c22-18-10-6-7-16(15-18)12-13-20(24)25-21(17-8-2-1-3-9-17)19-11-4-5-14-23-19/h1-15,21H/b13-12+. The van der Waals surface area contributed by atoms with Gasteiger partial charge in [-0.25, -0.2) is 9.18 Å². The number of esters is 1. The number of aromatic nitrogens is 1. The molecule has 0 N–H and O–H groups in total. The van der Waals surface area contributed by atoms with Crippen molar-refractivity contribution in [2.45, 2.75) is 6.10 Å². The van der Waals surface area contributed by atoms with E-state index in [0.717, 1.165) is 5.56 Å². The molecule has 25 heavy (non-hydrogen) atoms. The van der Waals surface area contributed by atoms with E-state index in [2.05, 4.69) is 4.98 Å². The van der Waals surface area contributed by atoms with Crippen molar-refractivity contribution in [2.24, 2.45) is 0 Å². The number of carbonyl (C=O) groups is 1. The van der Waals surface area contributed by atoms with Gasteiger partial charge >= 0.3 is 5.97 Å². The Morgan fingerprint density at radius 3 is 2.52 bits per heavy atom. The average Bonchev–Trinajstić information content (AvgIpc) is 2.66. The zero-order valence-electron chi connectivity index (χ0n) is 13.4. The van der Waals surface area contributed by atoms with E-state index in [1.165, 1.54) is 24.3 Å². The van der Waals surface area contributed by atoms with Gasteiger partial charge in [0.15, 0.2) is 6.10 Å². The lowest BCUT2D eigenvalue weighted by molar-refractivity contribution is -0.141. The molecule has 0 bridgehead atoms. The van der Waals surface area contributed by atoms with Gasteiger partial charge in [-0.1, -0.05) is 48.5 Å². The lowest BCUT2D eigenvalue weighted by atomic mass is 10.1. The van der Waals surface area contributed by atoms with Gasteiger partial charge < -0.3 is 4.74 Å². The highest BCUT2D eigenvalue weighted by molar-refractivity contribution is 5.87. The van der Waals surface area contributed by atoms with Crippen LogP contribution in [0.1, 0.15) is 22.9 Å². The van der Waals surface area contributed by atoms with Crippen molar-refractivity contribution in [3.63, 3.8) is 0 Å². The largest absolute Gasteiger partial charge is 0.448 e. The summed E-state index contributed by atoms with van der Waals surface area (Å²) < 4.78 is 18.8. The summed E-state index contributed by atoms with van der Waals surface area (Å²) in [6.45, 7) is 0. The van der Waals surface area contributed by atoms with Crippen LogP contribution in [0, 0.1) is 5.82 Å². The van der Waals surface area contributed by atoms with E-state index in [0.29, 0.717) is 11.3 Å². The Hall–Kier alpha value is -3.27. The Bertz CT molecular complexity index is 824. The summed E-state index contributed by atoms with van der Waals surface area (Å²) in [6, 6.07) is 20.8. The second-order valence-corrected chi connectivity index (χ2v) is 5.37. The molecule has 3 nitrogen and oxygen atoms in total. The zero-order chi connectivity index (χ0) is 17.5. The van der Waals surface area contributed by atoms with E-state index in [4.69, 9.17) is 4.74 Å². The molecule has 2 aromatic carbocycles. The van der Waals surface area contributed by atoms with E-state index in [-0.39, 0.29) is 5.82 Å². The van der Waals surface area contributed by atoms with Crippen LogP contribution in [0.2, 0.25) is 0 Å². The smallest absolute Gasteiger partial charge is 0.331 e. The van der Waals surface area contributed by atoms with Gasteiger partial charge in [0.1, 0.15) is 5.82 Å². The number of nitrogens with zero attached hydrogens (tertiary/aromatic N) is 1. The molecule has 0 aliphatic carbocycles. The van der Waals surface area contributed by atoms with Crippen molar-refractivity contribution in [3.8, 4) is 0 Å². The highest BCUT2D eigenvalue weighted by Crippen LogP contribution is 2.24. The lowest BCUT2D eigenvalue weighted by Crippen LogP contribution is -2.12. The van der Waals surface area contributed by atoms with Crippen molar-refractivity contribution in [3.05, 3.63) is 108 Å². The molecule has 3 aromatic rings. The molecule has 124 valence electrons. The van der Waals surface area contributed by atoms with E-state index in [1.54, 1.807) is 30.5 Å². The summed E-state index contributed by atoms with van der Waals surface area (Å²) >= 11 is 0. The molecule has 1 heterocycles. The fraction of sp³-hybridized carbons (Fsp3) is 0.0476. The number of rotatable bonds is 5. The number of carbonyl (C=O) groups excluding carboxylic acids is 1. The third kappa shape index (κ3) is 4.61. The van der Waals surface area contributed by atoms with Crippen molar-refractivity contribution in [1.29, 1.82) is 0 Å². The maximum atomic E-state index is 13.2. The van der Waals surface area contributed by atoms with Gasteiger partial charge in [0.05, 0.1) is 5.69 Å². The molecule has 3 rings (SSSR count). The Kier molecular flexibility index (Phi) is 5.32. The van der Waals surface area contributed by atoms with Gasteiger partial charge in [-0.05, 0) is 41.5 Å². The van der Waals surface area contributed by atoms with Gasteiger partial charge in [0.25, 0.3) is 0 Å². The zero-order valence-corrected chi connectivity index (χ0v) is 13.4. The molecule has 0 saturated heterocycles. The van der Waals surface area contributed by atoms with Gasteiger partial charge in [-0.3, -0.25) is 4.98 Å². The molecule has 0 amide bonds. The fourth-order valence-electron chi connectivity index (χ4n) is 2.39.